The van der Waals surface area contributed by atoms with Crippen molar-refractivity contribution in [1.82, 2.24) is 15.1 Å². The molecule has 2 rings (SSSR count). The number of anilines is 1. The van der Waals surface area contributed by atoms with Gasteiger partial charge in [0.05, 0.1) is 17.1 Å². The van der Waals surface area contributed by atoms with E-state index < -0.39 is 9.84 Å². The maximum absolute atomic E-state index is 12.3. The van der Waals surface area contributed by atoms with E-state index in [0.29, 0.717) is 12.1 Å². The Balaban J connectivity index is 2.14. The summed E-state index contributed by atoms with van der Waals surface area (Å²) in [6.07, 6.45) is 5.41. The lowest BCUT2D eigenvalue weighted by Crippen LogP contribution is -2.32. The number of carbonyl (C=O) groups excluding carboxylic acids is 1. The molecule has 1 heterocycles. The van der Waals surface area contributed by atoms with Gasteiger partial charge in [0.2, 0.25) is 0 Å². The topological polar surface area (TPSA) is 93.1 Å². The molecular formula is C16H22N4O3S. The van der Waals surface area contributed by atoms with Gasteiger partial charge < -0.3 is 10.6 Å². The van der Waals surface area contributed by atoms with Crippen molar-refractivity contribution >= 4 is 21.6 Å². The molecule has 2 amide bonds. The van der Waals surface area contributed by atoms with Gasteiger partial charge in [0.1, 0.15) is 0 Å². The number of rotatable bonds is 5. The highest BCUT2D eigenvalue weighted by molar-refractivity contribution is 7.90. The lowest BCUT2D eigenvalue weighted by Gasteiger charge is -2.17. The predicted octanol–water partition coefficient (Wildman–Crippen LogP) is 2.40. The van der Waals surface area contributed by atoms with E-state index >= 15 is 0 Å². The molecule has 0 aliphatic rings. The predicted molar refractivity (Wildman–Crippen MR) is 92.7 cm³/mol. The number of aryl methyl sites for hydroxylation is 2. The molecule has 1 atom stereocenters. The van der Waals surface area contributed by atoms with Gasteiger partial charge in [-0.3, -0.25) is 4.68 Å². The summed E-state index contributed by atoms with van der Waals surface area (Å²) in [4.78, 5) is 12.4. The molecule has 0 fully saturated rings. The monoisotopic (exact) mass is 350 g/mol. The number of nitrogens with zero attached hydrogens (tertiary/aromatic N) is 2. The molecule has 1 aromatic heterocycles. The lowest BCUT2D eigenvalue weighted by atomic mass is 10.1. The van der Waals surface area contributed by atoms with Gasteiger partial charge in [0.15, 0.2) is 9.84 Å². The molecule has 0 bridgehead atoms. The summed E-state index contributed by atoms with van der Waals surface area (Å²) in [5.41, 5.74) is 2.17. The van der Waals surface area contributed by atoms with Gasteiger partial charge in [0, 0.05) is 30.8 Å². The van der Waals surface area contributed by atoms with Gasteiger partial charge in [-0.05, 0) is 31.0 Å². The van der Waals surface area contributed by atoms with Crippen LogP contribution in [0.5, 0.6) is 0 Å². The Morgan fingerprint density at radius 2 is 2.08 bits per heavy atom. The Morgan fingerprint density at radius 3 is 2.62 bits per heavy atom. The van der Waals surface area contributed by atoms with Crippen LogP contribution in [-0.2, 0) is 16.9 Å². The first-order chi connectivity index (χ1) is 11.2. The van der Waals surface area contributed by atoms with E-state index in [4.69, 9.17) is 0 Å². The van der Waals surface area contributed by atoms with Crippen molar-refractivity contribution < 1.29 is 13.2 Å². The fraction of sp³-hybridized carbons (Fsp3) is 0.375. The van der Waals surface area contributed by atoms with Crippen LogP contribution in [0.3, 0.4) is 0 Å². The smallest absolute Gasteiger partial charge is 0.319 e. The average Bonchev–Trinajstić information content (AvgIpc) is 2.92. The van der Waals surface area contributed by atoms with Crippen LogP contribution in [0.1, 0.15) is 30.5 Å². The Hall–Kier alpha value is -2.35. The van der Waals surface area contributed by atoms with Gasteiger partial charge in [-0.1, -0.05) is 13.0 Å². The molecule has 8 heteroatoms. The number of hydrogen-bond acceptors (Lipinski definition) is 4. The van der Waals surface area contributed by atoms with Crippen LogP contribution >= 0.6 is 0 Å². The van der Waals surface area contributed by atoms with Crippen molar-refractivity contribution in [3.63, 3.8) is 0 Å². The van der Waals surface area contributed by atoms with Crippen molar-refractivity contribution in [3.8, 4) is 0 Å². The van der Waals surface area contributed by atoms with Crippen molar-refractivity contribution in [1.29, 1.82) is 0 Å². The maximum Gasteiger partial charge on any atom is 0.319 e. The number of sulfone groups is 1. The zero-order valence-electron chi connectivity index (χ0n) is 14.2. The Bertz CT molecular complexity index is 843. The van der Waals surface area contributed by atoms with E-state index in [1.807, 2.05) is 20.2 Å². The molecule has 0 radical (unpaired) electrons. The van der Waals surface area contributed by atoms with Crippen molar-refractivity contribution in [2.75, 3.05) is 11.6 Å². The Morgan fingerprint density at radius 1 is 1.38 bits per heavy atom. The first kappa shape index (κ1) is 18.0. The molecule has 1 unspecified atom stereocenters. The third kappa shape index (κ3) is 4.35. The molecule has 1 aromatic carbocycles. The molecule has 0 saturated heterocycles. The fourth-order valence-corrected chi connectivity index (χ4v) is 2.97. The number of amides is 2. The van der Waals surface area contributed by atoms with Crippen LogP contribution in [-0.4, -0.2) is 30.5 Å². The molecule has 0 spiro atoms. The maximum atomic E-state index is 12.3. The zero-order chi connectivity index (χ0) is 17.9. The second-order valence-corrected chi connectivity index (χ2v) is 7.77. The van der Waals surface area contributed by atoms with E-state index in [2.05, 4.69) is 15.7 Å². The lowest BCUT2D eigenvalue weighted by molar-refractivity contribution is 0.248. The van der Waals surface area contributed by atoms with Crippen molar-refractivity contribution in [2.24, 2.45) is 7.05 Å². The summed E-state index contributed by atoms with van der Waals surface area (Å²) >= 11 is 0. The van der Waals surface area contributed by atoms with E-state index in [1.165, 1.54) is 12.1 Å². The molecule has 24 heavy (non-hydrogen) atoms. The van der Waals surface area contributed by atoms with E-state index in [1.54, 1.807) is 23.9 Å². The normalized spacial score (nSPS) is 12.7. The standard InChI is InChI=1S/C16H22N4O3S/c1-5-14(12-9-17-20(3)10-12)18-16(21)19-15-8-13(24(4,22)23)7-6-11(15)2/h6-10,14H,5H2,1-4H3,(H2,18,19,21). The molecule has 7 nitrogen and oxygen atoms in total. The van der Waals surface area contributed by atoms with Crippen molar-refractivity contribution in [3.05, 3.63) is 41.7 Å². The largest absolute Gasteiger partial charge is 0.331 e. The fourth-order valence-electron chi connectivity index (χ4n) is 2.32. The number of carbonyl (C=O) groups is 1. The van der Waals surface area contributed by atoms with Gasteiger partial charge >= 0.3 is 6.03 Å². The molecule has 2 N–H and O–H groups in total. The molecule has 0 aliphatic carbocycles. The highest BCUT2D eigenvalue weighted by Crippen LogP contribution is 2.21. The molecule has 130 valence electrons. The summed E-state index contributed by atoms with van der Waals surface area (Å²) in [5, 5.41) is 9.71. The van der Waals surface area contributed by atoms with Crippen LogP contribution in [0, 0.1) is 6.92 Å². The quantitative estimate of drug-likeness (QED) is 0.866. The van der Waals surface area contributed by atoms with Gasteiger partial charge in [-0.15, -0.1) is 0 Å². The van der Waals surface area contributed by atoms with Crippen molar-refractivity contribution in [2.45, 2.75) is 31.2 Å². The molecule has 2 aromatic rings. The summed E-state index contributed by atoms with van der Waals surface area (Å²) in [6.45, 7) is 3.77. The summed E-state index contributed by atoms with van der Waals surface area (Å²) in [5.74, 6) is 0. The second kappa shape index (κ2) is 7.04. The van der Waals surface area contributed by atoms with Crippen LogP contribution in [0.15, 0.2) is 35.5 Å². The molecule has 0 saturated carbocycles. The number of urea groups is 1. The van der Waals surface area contributed by atoms with Gasteiger partial charge in [-0.25, -0.2) is 13.2 Å². The molecule has 0 aliphatic heterocycles. The van der Waals surface area contributed by atoms with E-state index in [-0.39, 0.29) is 17.0 Å². The number of hydrogen-bond donors (Lipinski definition) is 2. The van der Waals surface area contributed by atoms with Gasteiger partial charge in [-0.2, -0.15) is 5.10 Å². The van der Waals surface area contributed by atoms with E-state index in [9.17, 15) is 13.2 Å². The Labute approximate surface area is 142 Å². The van der Waals surface area contributed by atoms with Crippen LogP contribution in [0.4, 0.5) is 10.5 Å². The third-order valence-corrected chi connectivity index (χ3v) is 4.84. The number of aromatic nitrogens is 2. The van der Waals surface area contributed by atoms with Crippen LogP contribution in [0.2, 0.25) is 0 Å². The summed E-state index contributed by atoms with van der Waals surface area (Å²) < 4.78 is 25.0. The zero-order valence-corrected chi connectivity index (χ0v) is 15.0. The second-order valence-electron chi connectivity index (χ2n) is 5.76. The SMILES string of the molecule is CCC(NC(=O)Nc1cc(S(C)(=O)=O)ccc1C)c1cnn(C)c1. The number of nitrogens with one attached hydrogen (secondary N) is 2. The minimum Gasteiger partial charge on any atom is -0.331 e. The first-order valence-electron chi connectivity index (χ1n) is 7.57. The highest BCUT2D eigenvalue weighted by atomic mass is 32.2. The van der Waals surface area contributed by atoms with Crippen LogP contribution < -0.4 is 10.6 Å². The minimum absolute atomic E-state index is 0.169. The minimum atomic E-state index is -3.33. The van der Waals surface area contributed by atoms with Crippen LogP contribution in [0.25, 0.3) is 0 Å². The summed E-state index contributed by atoms with van der Waals surface area (Å²) in [6, 6.07) is 4.11. The number of benzene rings is 1. The Kier molecular flexibility index (Phi) is 5.28. The van der Waals surface area contributed by atoms with Gasteiger partial charge in [0.25, 0.3) is 0 Å². The molecular weight excluding hydrogens is 328 g/mol. The average molecular weight is 350 g/mol. The van der Waals surface area contributed by atoms with E-state index in [0.717, 1.165) is 17.4 Å². The summed E-state index contributed by atoms with van der Waals surface area (Å²) in [7, 11) is -1.51. The third-order valence-electron chi connectivity index (χ3n) is 3.73. The highest BCUT2D eigenvalue weighted by Gasteiger charge is 2.16. The first-order valence-corrected chi connectivity index (χ1v) is 9.46.